The number of halogens is 2. The standard InChI is InChI=1S/C8H9F2N/c1-11(2)8-4-3-6(9)5-7(8)10/h3-5H,1-2H3. The molecule has 0 aliphatic heterocycles. The Morgan fingerprint density at radius 2 is 1.82 bits per heavy atom. The highest BCUT2D eigenvalue weighted by atomic mass is 19.1. The topological polar surface area (TPSA) is 3.24 Å². The lowest BCUT2D eigenvalue weighted by atomic mass is 10.3. The van der Waals surface area contributed by atoms with Gasteiger partial charge in [-0.1, -0.05) is 0 Å². The second kappa shape index (κ2) is 2.86. The van der Waals surface area contributed by atoms with Gasteiger partial charge in [0, 0.05) is 20.2 Å². The van der Waals surface area contributed by atoms with E-state index in [1.54, 1.807) is 19.0 Å². The molecule has 0 heterocycles. The van der Waals surface area contributed by atoms with E-state index in [2.05, 4.69) is 0 Å². The van der Waals surface area contributed by atoms with E-state index in [0.29, 0.717) is 5.69 Å². The number of benzene rings is 1. The maximum Gasteiger partial charge on any atom is 0.149 e. The third kappa shape index (κ3) is 1.67. The van der Waals surface area contributed by atoms with Crippen LogP contribution in [0.2, 0.25) is 0 Å². The lowest BCUT2D eigenvalue weighted by Gasteiger charge is -2.12. The number of hydrogen-bond donors (Lipinski definition) is 0. The predicted octanol–water partition coefficient (Wildman–Crippen LogP) is 2.03. The van der Waals surface area contributed by atoms with Crippen molar-refractivity contribution in [3.63, 3.8) is 0 Å². The molecule has 0 unspecified atom stereocenters. The monoisotopic (exact) mass is 157 g/mol. The van der Waals surface area contributed by atoms with Crippen LogP contribution in [0.3, 0.4) is 0 Å². The van der Waals surface area contributed by atoms with Crippen molar-refractivity contribution in [3.05, 3.63) is 29.8 Å². The third-order valence-electron chi connectivity index (χ3n) is 1.39. The minimum absolute atomic E-state index is 0.395. The Hall–Kier alpha value is -1.12. The van der Waals surface area contributed by atoms with E-state index in [9.17, 15) is 8.78 Å². The molecule has 0 N–H and O–H groups in total. The van der Waals surface area contributed by atoms with Gasteiger partial charge in [0.2, 0.25) is 0 Å². The van der Waals surface area contributed by atoms with Gasteiger partial charge in [-0.05, 0) is 12.1 Å². The predicted molar refractivity (Wildman–Crippen MR) is 40.7 cm³/mol. The van der Waals surface area contributed by atoms with Gasteiger partial charge in [-0.3, -0.25) is 0 Å². The van der Waals surface area contributed by atoms with Crippen molar-refractivity contribution in [2.75, 3.05) is 19.0 Å². The summed E-state index contributed by atoms with van der Waals surface area (Å²) < 4.78 is 25.2. The molecule has 3 heteroatoms. The Kier molecular flexibility index (Phi) is 2.08. The van der Waals surface area contributed by atoms with E-state index in [0.717, 1.165) is 6.07 Å². The van der Waals surface area contributed by atoms with Crippen LogP contribution in [-0.2, 0) is 0 Å². The number of nitrogens with zero attached hydrogens (tertiary/aromatic N) is 1. The molecule has 0 saturated carbocycles. The molecule has 11 heavy (non-hydrogen) atoms. The third-order valence-corrected chi connectivity index (χ3v) is 1.39. The summed E-state index contributed by atoms with van der Waals surface area (Å²) >= 11 is 0. The molecule has 0 spiro atoms. The Labute approximate surface area is 64.3 Å². The summed E-state index contributed by atoms with van der Waals surface area (Å²) in [4.78, 5) is 1.59. The van der Waals surface area contributed by atoms with Crippen LogP contribution in [0, 0.1) is 11.6 Å². The molecule has 0 amide bonds. The fourth-order valence-electron chi connectivity index (χ4n) is 0.844. The van der Waals surface area contributed by atoms with Gasteiger partial charge in [-0.15, -0.1) is 0 Å². The summed E-state index contributed by atoms with van der Waals surface area (Å²) in [7, 11) is 3.41. The fourth-order valence-corrected chi connectivity index (χ4v) is 0.844. The first-order valence-corrected chi connectivity index (χ1v) is 3.23. The second-order valence-corrected chi connectivity index (χ2v) is 2.49. The van der Waals surface area contributed by atoms with Gasteiger partial charge in [-0.25, -0.2) is 8.78 Å². The van der Waals surface area contributed by atoms with Crippen LogP contribution in [0.15, 0.2) is 18.2 Å². The zero-order chi connectivity index (χ0) is 8.43. The highest BCUT2D eigenvalue weighted by molar-refractivity contribution is 5.45. The molecule has 0 radical (unpaired) electrons. The molecule has 1 nitrogen and oxygen atoms in total. The molecule has 1 rings (SSSR count). The molecule has 0 aromatic heterocycles. The fraction of sp³-hybridized carbons (Fsp3) is 0.250. The smallest absolute Gasteiger partial charge is 0.149 e. The van der Waals surface area contributed by atoms with Crippen molar-refractivity contribution >= 4 is 5.69 Å². The minimum Gasteiger partial charge on any atom is -0.375 e. The summed E-state index contributed by atoms with van der Waals surface area (Å²) in [6.45, 7) is 0. The summed E-state index contributed by atoms with van der Waals surface area (Å²) in [5.41, 5.74) is 0.395. The normalized spacial score (nSPS) is 9.82. The first kappa shape index (κ1) is 7.98. The van der Waals surface area contributed by atoms with Crippen molar-refractivity contribution in [2.45, 2.75) is 0 Å². The minimum atomic E-state index is -0.548. The largest absolute Gasteiger partial charge is 0.375 e. The Morgan fingerprint density at radius 1 is 1.18 bits per heavy atom. The molecule has 60 valence electrons. The number of rotatable bonds is 1. The average molecular weight is 157 g/mol. The summed E-state index contributed by atoms with van der Waals surface area (Å²) in [6.07, 6.45) is 0. The van der Waals surface area contributed by atoms with Crippen LogP contribution >= 0.6 is 0 Å². The summed E-state index contributed by atoms with van der Waals surface area (Å²) in [5, 5.41) is 0. The van der Waals surface area contributed by atoms with Crippen LogP contribution in [0.5, 0.6) is 0 Å². The molecular formula is C8H9F2N. The van der Waals surface area contributed by atoms with E-state index >= 15 is 0 Å². The molecule has 0 fully saturated rings. The molecular weight excluding hydrogens is 148 g/mol. The van der Waals surface area contributed by atoms with E-state index in [1.807, 2.05) is 0 Å². The first-order chi connectivity index (χ1) is 5.11. The van der Waals surface area contributed by atoms with E-state index in [-0.39, 0.29) is 0 Å². The van der Waals surface area contributed by atoms with E-state index in [4.69, 9.17) is 0 Å². The Morgan fingerprint density at radius 3 is 2.27 bits per heavy atom. The van der Waals surface area contributed by atoms with Crippen LogP contribution in [0.4, 0.5) is 14.5 Å². The lowest BCUT2D eigenvalue weighted by molar-refractivity contribution is 0.583. The Balaban J connectivity index is 3.09. The average Bonchev–Trinajstić information content (AvgIpc) is 1.85. The van der Waals surface area contributed by atoms with Gasteiger partial charge in [-0.2, -0.15) is 0 Å². The van der Waals surface area contributed by atoms with Crippen molar-refractivity contribution < 1.29 is 8.78 Å². The van der Waals surface area contributed by atoms with Crippen molar-refractivity contribution in [3.8, 4) is 0 Å². The van der Waals surface area contributed by atoms with E-state index < -0.39 is 11.6 Å². The molecule has 0 atom stereocenters. The highest BCUT2D eigenvalue weighted by Gasteiger charge is 2.03. The maximum atomic E-state index is 12.8. The second-order valence-electron chi connectivity index (χ2n) is 2.49. The number of anilines is 1. The first-order valence-electron chi connectivity index (χ1n) is 3.23. The van der Waals surface area contributed by atoms with Gasteiger partial charge in [0.15, 0.2) is 0 Å². The molecule has 1 aromatic carbocycles. The van der Waals surface area contributed by atoms with Gasteiger partial charge < -0.3 is 4.90 Å². The lowest BCUT2D eigenvalue weighted by Crippen LogP contribution is -2.10. The molecule has 0 saturated heterocycles. The van der Waals surface area contributed by atoms with Gasteiger partial charge in [0.05, 0.1) is 5.69 Å². The van der Waals surface area contributed by atoms with Crippen LogP contribution < -0.4 is 4.90 Å². The zero-order valence-electron chi connectivity index (χ0n) is 6.44. The van der Waals surface area contributed by atoms with Gasteiger partial charge >= 0.3 is 0 Å². The van der Waals surface area contributed by atoms with Crippen LogP contribution in [0.25, 0.3) is 0 Å². The van der Waals surface area contributed by atoms with E-state index in [1.165, 1.54) is 12.1 Å². The zero-order valence-corrected chi connectivity index (χ0v) is 6.44. The van der Waals surface area contributed by atoms with Crippen LogP contribution in [-0.4, -0.2) is 14.1 Å². The van der Waals surface area contributed by atoms with Gasteiger partial charge in [0.25, 0.3) is 0 Å². The summed E-state index contributed by atoms with van der Waals surface area (Å²) in [5.74, 6) is -1.08. The highest BCUT2D eigenvalue weighted by Crippen LogP contribution is 2.16. The number of hydrogen-bond acceptors (Lipinski definition) is 1. The Bertz CT molecular complexity index is 258. The van der Waals surface area contributed by atoms with Crippen molar-refractivity contribution in [1.82, 2.24) is 0 Å². The van der Waals surface area contributed by atoms with Gasteiger partial charge in [0.1, 0.15) is 11.6 Å². The molecule has 1 aromatic rings. The van der Waals surface area contributed by atoms with Crippen molar-refractivity contribution in [1.29, 1.82) is 0 Å². The maximum absolute atomic E-state index is 12.8. The molecule has 0 bridgehead atoms. The SMILES string of the molecule is CN(C)c1ccc(F)cc1F. The molecule has 0 aliphatic rings. The quantitative estimate of drug-likeness (QED) is 0.603. The molecule has 0 aliphatic carbocycles. The van der Waals surface area contributed by atoms with Crippen LogP contribution in [0.1, 0.15) is 0 Å². The summed E-state index contributed by atoms with van der Waals surface area (Å²) in [6, 6.07) is 3.51. The van der Waals surface area contributed by atoms with Crippen molar-refractivity contribution in [2.24, 2.45) is 0 Å².